The second-order valence-electron chi connectivity index (χ2n) is 5.82. The van der Waals surface area contributed by atoms with Crippen LogP contribution in [0.5, 0.6) is 0 Å². The number of amides is 1. The van der Waals surface area contributed by atoms with Crippen LogP contribution in [0.1, 0.15) is 24.0 Å². The molecule has 2 rings (SSSR count). The number of carbonyl (C=O) groups excluding carboxylic acids is 1. The van der Waals surface area contributed by atoms with Crippen LogP contribution in [0.3, 0.4) is 0 Å². The lowest BCUT2D eigenvalue weighted by molar-refractivity contribution is -0.131. The maximum atomic E-state index is 11.9. The summed E-state index contributed by atoms with van der Waals surface area (Å²) in [5.74, 6) is -1.53. The standard InChI is InChI=1S/C20H20ClNO3/c1-14(22-19(23)11-12-20(24)25)18(16-5-3-2-4-6-16)13-15-7-9-17(21)10-8-15/h2-12,14,18H,13H2,1H3,(H,22,23)(H,24,25)/b12-11+/t14-,18+/m1/s1. The molecule has 1 amide bonds. The fourth-order valence-corrected chi connectivity index (χ4v) is 2.80. The summed E-state index contributed by atoms with van der Waals surface area (Å²) in [7, 11) is 0. The van der Waals surface area contributed by atoms with Gasteiger partial charge in [0.1, 0.15) is 0 Å². The molecule has 4 nitrogen and oxygen atoms in total. The minimum atomic E-state index is -1.15. The van der Waals surface area contributed by atoms with Gasteiger partial charge in [0.05, 0.1) is 0 Å². The van der Waals surface area contributed by atoms with Gasteiger partial charge in [0, 0.05) is 29.1 Å². The van der Waals surface area contributed by atoms with Crippen molar-refractivity contribution in [3.05, 3.63) is 82.9 Å². The quantitative estimate of drug-likeness (QED) is 0.740. The van der Waals surface area contributed by atoms with Crippen LogP contribution in [0, 0.1) is 0 Å². The van der Waals surface area contributed by atoms with Crippen LogP contribution in [0.15, 0.2) is 66.7 Å². The minimum Gasteiger partial charge on any atom is -0.478 e. The number of carboxylic acid groups (broad SMARTS) is 1. The number of hydrogen-bond donors (Lipinski definition) is 2. The Kier molecular flexibility index (Phi) is 6.78. The van der Waals surface area contributed by atoms with Crippen LogP contribution in [0.4, 0.5) is 0 Å². The summed E-state index contributed by atoms with van der Waals surface area (Å²) < 4.78 is 0. The van der Waals surface area contributed by atoms with Gasteiger partial charge in [0.15, 0.2) is 0 Å². The third-order valence-electron chi connectivity index (χ3n) is 3.95. The maximum Gasteiger partial charge on any atom is 0.328 e. The minimum absolute atomic E-state index is 0.0459. The number of aliphatic carboxylic acids is 1. The predicted molar refractivity (Wildman–Crippen MR) is 98.7 cm³/mol. The van der Waals surface area contributed by atoms with Gasteiger partial charge < -0.3 is 10.4 Å². The summed E-state index contributed by atoms with van der Waals surface area (Å²) in [4.78, 5) is 22.4. The Morgan fingerprint density at radius 3 is 2.32 bits per heavy atom. The second kappa shape index (κ2) is 9.04. The van der Waals surface area contributed by atoms with Gasteiger partial charge in [-0.15, -0.1) is 0 Å². The smallest absolute Gasteiger partial charge is 0.328 e. The Balaban J connectivity index is 2.17. The van der Waals surface area contributed by atoms with E-state index in [1.807, 2.05) is 61.5 Å². The van der Waals surface area contributed by atoms with E-state index in [1.54, 1.807) is 0 Å². The summed E-state index contributed by atoms with van der Waals surface area (Å²) in [5, 5.41) is 12.2. The summed E-state index contributed by atoms with van der Waals surface area (Å²) in [6.07, 6.45) is 2.59. The van der Waals surface area contributed by atoms with E-state index in [4.69, 9.17) is 16.7 Å². The topological polar surface area (TPSA) is 66.4 Å². The molecule has 0 unspecified atom stereocenters. The van der Waals surface area contributed by atoms with Gasteiger partial charge in [0.2, 0.25) is 5.91 Å². The van der Waals surface area contributed by atoms with Crippen LogP contribution in [0.25, 0.3) is 0 Å². The number of hydrogen-bond acceptors (Lipinski definition) is 2. The van der Waals surface area contributed by atoms with Gasteiger partial charge in [-0.2, -0.15) is 0 Å². The average Bonchev–Trinajstić information content (AvgIpc) is 2.60. The fraction of sp³-hybridized carbons (Fsp3) is 0.200. The van der Waals surface area contributed by atoms with Crippen LogP contribution >= 0.6 is 11.6 Å². The SMILES string of the molecule is C[C@@H](NC(=O)/C=C/C(=O)O)[C@H](Cc1ccc(Cl)cc1)c1ccccc1. The summed E-state index contributed by atoms with van der Waals surface area (Å²) in [6.45, 7) is 1.92. The van der Waals surface area contributed by atoms with Gasteiger partial charge >= 0.3 is 5.97 Å². The molecule has 5 heteroatoms. The van der Waals surface area contributed by atoms with E-state index in [-0.39, 0.29) is 12.0 Å². The molecule has 0 aliphatic rings. The molecule has 0 spiro atoms. The molecule has 0 aliphatic heterocycles. The molecule has 0 saturated carbocycles. The molecule has 0 heterocycles. The van der Waals surface area contributed by atoms with Gasteiger partial charge in [0.25, 0.3) is 0 Å². The van der Waals surface area contributed by atoms with E-state index in [2.05, 4.69) is 5.32 Å². The van der Waals surface area contributed by atoms with E-state index < -0.39 is 11.9 Å². The highest BCUT2D eigenvalue weighted by Crippen LogP contribution is 2.25. The first kappa shape index (κ1) is 18.7. The molecule has 0 bridgehead atoms. The molecule has 2 aromatic carbocycles. The molecular weight excluding hydrogens is 338 g/mol. The van der Waals surface area contributed by atoms with Crippen molar-refractivity contribution in [3.8, 4) is 0 Å². The first-order valence-electron chi connectivity index (χ1n) is 7.96. The van der Waals surface area contributed by atoms with Crippen molar-refractivity contribution in [1.82, 2.24) is 5.32 Å². The summed E-state index contributed by atoms with van der Waals surface area (Å²) >= 11 is 5.94. The van der Waals surface area contributed by atoms with E-state index in [9.17, 15) is 9.59 Å². The fourth-order valence-electron chi connectivity index (χ4n) is 2.68. The Bertz CT molecular complexity index is 741. The first-order chi connectivity index (χ1) is 12.0. The Morgan fingerprint density at radius 2 is 1.72 bits per heavy atom. The lowest BCUT2D eigenvalue weighted by atomic mass is 9.86. The van der Waals surface area contributed by atoms with Crippen LogP contribution in [-0.4, -0.2) is 23.0 Å². The Hall–Kier alpha value is -2.59. The zero-order valence-electron chi connectivity index (χ0n) is 13.9. The molecule has 2 N–H and O–H groups in total. The monoisotopic (exact) mass is 357 g/mol. The third kappa shape index (κ3) is 6.08. The maximum absolute atomic E-state index is 11.9. The van der Waals surface area contributed by atoms with Crippen LogP contribution < -0.4 is 5.32 Å². The third-order valence-corrected chi connectivity index (χ3v) is 4.20. The lowest BCUT2D eigenvalue weighted by Gasteiger charge is -2.25. The van der Waals surface area contributed by atoms with Crippen molar-refractivity contribution >= 4 is 23.5 Å². The van der Waals surface area contributed by atoms with Crippen LogP contribution in [-0.2, 0) is 16.0 Å². The highest BCUT2D eigenvalue weighted by Gasteiger charge is 2.21. The number of carboxylic acids is 1. The van der Waals surface area contributed by atoms with Crippen molar-refractivity contribution in [2.45, 2.75) is 25.3 Å². The van der Waals surface area contributed by atoms with Crippen molar-refractivity contribution < 1.29 is 14.7 Å². The van der Waals surface area contributed by atoms with Gasteiger partial charge in [-0.05, 0) is 36.6 Å². The molecule has 0 aromatic heterocycles. The lowest BCUT2D eigenvalue weighted by Crippen LogP contribution is -2.37. The van der Waals surface area contributed by atoms with E-state index in [0.29, 0.717) is 5.02 Å². The van der Waals surface area contributed by atoms with Crippen molar-refractivity contribution in [2.75, 3.05) is 0 Å². The number of nitrogens with one attached hydrogen (secondary N) is 1. The largest absolute Gasteiger partial charge is 0.478 e. The molecule has 0 saturated heterocycles. The highest BCUT2D eigenvalue weighted by molar-refractivity contribution is 6.30. The molecular formula is C20H20ClNO3. The number of benzene rings is 2. The molecule has 0 aliphatic carbocycles. The predicted octanol–water partition coefficient (Wildman–Crippen LogP) is 3.81. The van der Waals surface area contributed by atoms with Gasteiger partial charge in [-0.1, -0.05) is 54.1 Å². The molecule has 25 heavy (non-hydrogen) atoms. The number of rotatable bonds is 7. The number of halogens is 1. The highest BCUT2D eigenvalue weighted by atomic mass is 35.5. The summed E-state index contributed by atoms with van der Waals surface area (Å²) in [6, 6.07) is 17.4. The van der Waals surface area contributed by atoms with Gasteiger partial charge in [-0.25, -0.2) is 4.79 Å². The normalized spacial score (nSPS) is 13.4. The van der Waals surface area contributed by atoms with Crippen LogP contribution in [0.2, 0.25) is 5.02 Å². The Labute approximate surface area is 152 Å². The van der Waals surface area contributed by atoms with Crippen molar-refractivity contribution in [1.29, 1.82) is 0 Å². The van der Waals surface area contributed by atoms with Crippen molar-refractivity contribution in [3.63, 3.8) is 0 Å². The zero-order valence-corrected chi connectivity index (χ0v) is 14.6. The van der Waals surface area contributed by atoms with Gasteiger partial charge in [-0.3, -0.25) is 4.79 Å². The van der Waals surface area contributed by atoms with E-state index in [0.717, 1.165) is 29.7 Å². The number of carbonyl (C=O) groups is 2. The second-order valence-corrected chi connectivity index (χ2v) is 6.25. The van der Waals surface area contributed by atoms with E-state index >= 15 is 0 Å². The molecule has 0 fully saturated rings. The zero-order chi connectivity index (χ0) is 18.2. The molecule has 2 aromatic rings. The Morgan fingerprint density at radius 1 is 1.08 bits per heavy atom. The molecule has 130 valence electrons. The molecule has 2 atom stereocenters. The van der Waals surface area contributed by atoms with E-state index in [1.165, 1.54) is 0 Å². The first-order valence-corrected chi connectivity index (χ1v) is 8.34. The van der Waals surface area contributed by atoms with Crippen molar-refractivity contribution in [2.24, 2.45) is 0 Å². The summed E-state index contributed by atoms with van der Waals surface area (Å²) in [5.41, 5.74) is 2.22. The average molecular weight is 358 g/mol. The molecule has 0 radical (unpaired) electrons.